The molecule has 3 heterocycles. The molecule has 6 heteroatoms. The lowest BCUT2D eigenvalue weighted by molar-refractivity contribution is -0.0349. The summed E-state index contributed by atoms with van der Waals surface area (Å²) >= 11 is 0. The minimum atomic E-state index is -0.288. The Labute approximate surface area is 174 Å². The largest absolute Gasteiger partial charge is 0.369 e. The molecule has 0 spiro atoms. The lowest BCUT2D eigenvalue weighted by Gasteiger charge is -2.32. The van der Waals surface area contributed by atoms with E-state index in [1.807, 2.05) is 30.5 Å². The molecule has 0 N–H and O–H groups in total. The molecule has 4 aromatic rings. The van der Waals surface area contributed by atoms with Crippen molar-refractivity contribution in [3.63, 3.8) is 0 Å². The number of hydrogen-bond donors (Lipinski definition) is 0. The number of nitrogens with zero attached hydrogens (tertiary/aromatic N) is 4. The van der Waals surface area contributed by atoms with E-state index in [1.165, 1.54) is 23.1 Å². The van der Waals surface area contributed by atoms with Crippen molar-refractivity contribution >= 4 is 10.9 Å². The van der Waals surface area contributed by atoms with Crippen molar-refractivity contribution in [3.8, 4) is 11.3 Å². The van der Waals surface area contributed by atoms with E-state index in [2.05, 4.69) is 27.0 Å². The van der Waals surface area contributed by atoms with Gasteiger partial charge in [0.15, 0.2) is 0 Å². The van der Waals surface area contributed by atoms with Gasteiger partial charge in [0, 0.05) is 36.8 Å². The molecule has 1 fully saturated rings. The summed E-state index contributed by atoms with van der Waals surface area (Å²) in [6.45, 7) is 3.02. The lowest BCUT2D eigenvalue weighted by atomic mass is 10.1. The van der Waals surface area contributed by atoms with Crippen LogP contribution in [-0.4, -0.2) is 39.5 Å². The number of hydrogen-bond acceptors (Lipinski definition) is 5. The molecule has 1 atom stereocenters. The van der Waals surface area contributed by atoms with Crippen LogP contribution in [0.1, 0.15) is 17.4 Å². The van der Waals surface area contributed by atoms with Crippen molar-refractivity contribution < 1.29 is 9.13 Å². The molecule has 30 heavy (non-hydrogen) atoms. The van der Waals surface area contributed by atoms with Crippen molar-refractivity contribution in [3.05, 3.63) is 90.3 Å². The molecule has 1 aliphatic heterocycles. The van der Waals surface area contributed by atoms with Gasteiger partial charge in [0.1, 0.15) is 11.9 Å². The second-order valence-electron chi connectivity index (χ2n) is 7.42. The first-order valence-corrected chi connectivity index (χ1v) is 10.0. The van der Waals surface area contributed by atoms with Gasteiger partial charge in [-0.15, -0.1) is 0 Å². The Morgan fingerprint density at radius 2 is 2.00 bits per heavy atom. The minimum absolute atomic E-state index is 0.173. The van der Waals surface area contributed by atoms with Crippen LogP contribution in [0.2, 0.25) is 0 Å². The highest BCUT2D eigenvalue weighted by Gasteiger charge is 2.24. The van der Waals surface area contributed by atoms with Crippen molar-refractivity contribution in [2.75, 3.05) is 19.7 Å². The van der Waals surface area contributed by atoms with Crippen LogP contribution in [0.3, 0.4) is 0 Å². The fraction of sp³-hybridized carbons (Fsp3) is 0.208. The van der Waals surface area contributed by atoms with Gasteiger partial charge in [0.05, 0.1) is 35.9 Å². The molecule has 0 saturated carbocycles. The number of rotatable bonds is 4. The SMILES string of the molecule is Fc1cccc(-c2cncc([C@@H]3CN(Cc4ccnc5ccccc45)CCO3)n2)c1. The van der Waals surface area contributed by atoms with Crippen LogP contribution in [0.5, 0.6) is 0 Å². The van der Waals surface area contributed by atoms with Crippen LogP contribution in [0.25, 0.3) is 22.2 Å². The van der Waals surface area contributed by atoms with Crippen molar-refractivity contribution in [1.29, 1.82) is 0 Å². The number of morpholine rings is 1. The summed E-state index contributed by atoms with van der Waals surface area (Å²) in [6.07, 6.45) is 5.08. The maximum absolute atomic E-state index is 13.6. The summed E-state index contributed by atoms with van der Waals surface area (Å²) in [5.41, 5.74) is 4.38. The second-order valence-corrected chi connectivity index (χ2v) is 7.42. The summed E-state index contributed by atoms with van der Waals surface area (Å²) in [5.74, 6) is -0.288. The predicted molar refractivity (Wildman–Crippen MR) is 113 cm³/mol. The van der Waals surface area contributed by atoms with Crippen LogP contribution in [0.4, 0.5) is 4.39 Å². The lowest BCUT2D eigenvalue weighted by Crippen LogP contribution is -2.38. The highest BCUT2D eigenvalue weighted by molar-refractivity contribution is 5.81. The predicted octanol–water partition coefficient (Wildman–Crippen LogP) is 4.40. The van der Waals surface area contributed by atoms with E-state index in [4.69, 9.17) is 9.72 Å². The third-order valence-corrected chi connectivity index (χ3v) is 5.39. The molecule has 1 aliphatic rings. The van der Waals surface area contributed by atoms with Crippen LogP contribution < -0.4 is 0 Å². The number of halogens is 1. The fourth-order valence-corrected chi connectivity index (χ4v) is 3.88. The summed E-state index contributed by atoms with van der Waals surface area (Å²) in [6, 6.07) is 16.7. The van der Waals surface area contributed by atoms with Gasteiger partial charge in [0.25, 0.3) is 0 Å². The van der Waals surface area contributed by atoms with Gasteiger partial charge in [0.2, 0.25) is 0 Å². The van der Waals surface area contributed by atoms with Crippen LogP contribution in [0, 0.1) is 5.82 Å². The highest BCUT2D eigenvalue weighted by Crippen LogP contribution is 2.26. The molecule has 2 aromatic carbocycles. The van der Waals surface area contributed by atoms with E-state index in [-0.39, 0.29) is 11.9 Å². The first-order valence-electron chi connectivity index (χ1n) is 10.0. The van der Waals surface area contributed by atoms with Crippen molar-refractivity contribution in [2.24, 2.45) is 0 Å². The Hall–Kier alpha value is -3.22. The molecule has 5 rings (SSSR count). The molecule has 0 aliphatic carbocycles. The van der Waals surface area contributed by atoms with Crippen molar-refractivity contribution in [1.82, 2.24) is 19.9 Å². The molecule has 0 radical (unpaired) electrons. The molecular formula is C24H21FN4O. The number of ether oxygens (including phenoxy) is 1. The summed E-state index contributed by atoms with van der Waals surface area (Å²) < 4.78 is 19.6. The number of pyridine rings is 1. The summed E-state index contributed by atoms with van der Waals surface area (Å²) in [4.78, 5) is 15.9. The average molecular weight is 400 g/mol. The first-order chi connectivity index (χ1) is 14.8. The zero-order valence-corrected chi connectivity index (χ0v) is 16.4. The van der Waals surface area contributed by atoms with E-state index in [0.29, 0.717) is 17.9 Å². The third kappa shape index (κ3) is 3.92. The minimum Gasteiger partial charge on any atom is -0.369 e. The van der Waals surface area contributed by atoms with Crippen LogP contribution in [-0.2, 0) is 11.3 Å². The van der Waals surface area contributed by atoms with Gasteiger partial charge in [-0.3, -0.25) is 14.9 Å². The Morgan fingerprint density at radius 1 is 1.07 bits per heavy atom. The first kappa shape index (κ1) is 18.8. The number of aromatic nitrogens is 3. The number of benzene rings is 2. The summed E-state index contributed by atoms with van der Waals surface area (Å²) in [5, 5.41) is 1.18. The van der Waals surface area contributed by atoms with Gasteiger partial charge in [-0.05, 0) is 29.8 Å². The molecule has 5 nitrogen and oxygen atoms in total. The third-order valence-electron chi connectivity index (χ3n) is 5.39. The highest BCUT2D eigenvalue weighted by atomic mass is 19.1. The van der Waals surface area contributed by atoms with E-state index in [0.717, 1.165) is 30.8 Å². The number of fused-ring (bicyclic) bond motifs is 1. The molecular weight excluding hydrogens is 379 g/mol. The smallest absolute Gasteiger partial charge is 0.123 e. The van der Waals surface area contributed by atoms with E-state index >= 15 is 0 Å². The topological polar surface area (TPSA) is 51.1 Å². The molecule has 1 saturated heterocycles. The van der Waals surface area contributed by atoms with Gasteiger partial charge >= 0.3 is 0 Å². The van der Waals surface area contributed by atoms with Crippen molar-refractivity contribution in [2.45, 2.75) is 12.6 Å². The standard InChI is InChI=1S/C24H21FN4O/c25-19-5-3-4-17(12-19)22-13-26-14-23(28-22)24-16-29(10-11-30-24)15-18-8-9-27-21-7-2-1-6-20(18)21/h1-9,12-14,24H,10-11,15-16H2/t24-/m0/s1. The Morgan fingerprint density at radius 3 is 2.93 bits per heavy atom. The molecule has 150 valence electrons. The normalized spacial score (nSPS) is 17.3. The van der Waals surface area contributed by atoms with Gasteiger partial charge in [-0.2, -0.15) is 0 Å². The fourth-order valence-electron chi connectivity index (χ4n) is 3.88. The molecule has 0 amide bonds. The summed E-state index contributed by atoms with van der Waals surface area (Å²) in [7, 11) is 0. The van der Waals surface area contributed by atoms with E-state index in [1.54, 1.807) is 18.5 Å². The van der Waals surface area contributed by atoms with Gasteiger partial charge in [-0.25, -0.2) is 9.37 Å². The Balaban J connectivity index is 1.36. The molecule has 2 aromatic heterocycles. The van der Waals surface area contributed by atoms with Gasteiger partial charge < -0.3 is 4.74 Å². The average Bonchev–Trinajstić information content (AvgIpc) is 2.80. The number of para-hydroxylation sites is 1. The maximum Gasteiger partial charge on any atom is 0.123 e. The van der Waals surface area contributed by atoms with Crippen LogP contribution >= 0.6 is 0 Å². The monoisotopic (exact) mass is 400 g/mol. The zero-order chi connectivity index (χ0) is 20.3. The molecule has 0 unspecified atom stereocenters. The Kier molecular flexibility index (Phi) is 5.17. The van der Waals surface area contributed by atoms with E-state index in [9.17, 15) is 4.39 Å². The molecule has 0 bridgehead atoms. The maximum atomic E-state index is 13.6. The zero-order valence-electron chi connectivity index (χ0n) is 16.4. The van der Waals surface area contributed by atoms with E-state index < -0.39 is 0 Å². The Bertz CT molecular complexity index is 1180. The quantitative estimate of drug-likeness (QED) is 0.508. The van der Waals surface area contributed by atoms with Gasteiger partial charge in [-0.1, -0.05) is 30.3 Å². The second kappa shape index (κ2) is 8.26. The van der Waals surface area contributed by atoms with Crippen LogP contribution in [0.15, 0.2) is 73.2 Å².